The van der Waals surface area contributed by atoms with Crippen LogP contribution in [0.15, 0.2) is 29.6 Å². The summed E-state index contributed by atoms with van der Waals surface area (Å²) in [6.07, 6.45) is 0. The molecule has 0 aliphatic carbocycles. The van der Waals surface area contributed by atoms with Crippen LogP contribution in [0.2, 0.25) is 0 Å². The van der Waals surface area contributed by atoms with Crippen LogP contribution in [0.4, 0.5) is 0 Å². The van der Waals surface area contributed by atoms with Gasteiger partial charge < -0.3 is 14.2 Å². The molecule has 1 aliphatic heterocycles. The van der Waals surface area contributed by atoms with Gasteiger partial charge in [-0.2, -0.15) is 0 Å². The number of carbonyl (C=O) groups is 1. The standard InChI is InChI=1S/C14H12O4S/c1-16-11-4-7-19-14(11)13(15)9-2-3-10-12(8-9)18-6-5-17-10/h2-4,7-8H,5-6H2,1H3. The van der Waals surface area contributed by atoms with Crippen LogP contribution in [0, 0.1) is 0 Å². The zero-order chi connectivity index (χ0) is 13.2. The van der Waals surface area contributed by atoms with Gasteiger partial charge in [0.2, 0.25) is 5.78 Å². The monoisotopic (exact) mass is 276 g/mol. The Hall–Kier alpha value is -2.01. The van der Waals surface area contributed by atoms with Gasteiger partial charge in [-0.1, -0.05) is 0 Å². The molecule has 1 aromatic heterocycles. The second-order valence-corrected chi connectivity index (χ2v) is 4.92. The van der Waals surface area contributed by atoms with Crippen LogP contribution in [-0.2, 0) is 0 Å². The van der Waals surface area contributed by atoms with E-state index in [2.05, 4.69) is 0 Å². The van der Waals surface area contributed by atoms with Gasteiger partial charge in [0.1, 0.15) is 23.8 Å². The molecule has 0 radical (unpaired) electrons. The van der Waals surface area contributed by atoms with Crippen LogP contribution >= 0.6 is 11.3 Å². The number of ketones is 1. The molecule has 0 spiro atoms. The summed E-state index contributed by atoms with van der Waals surface area (Å²) in [5.74, 6) is 1.84. The summed E-state index contributed by atoms with van der Waals surface area (Å²) in [5.41, 5.74) is 0.574. The molecule has 0 amide bonds. The van der Waals surface area contributed by atoms with Gasteiger partial charge in [0.25, 0.3) is 0 Å². The minimum absolute atomic E-state index is 0.0659. The first kappa shape index (κ1) is 12.0. The summed E-state index contributed by atoms with van der Waals surface area (Å²) < 4.78 is 16.1. The maximum absolute atomic E-state index is 12.4. The maximum atomic E-state index is 12.4. The van der Waals surface area contributed by atoms with Crippen LogP contribution in [-0.4, -0.2) is 26.1 Å². The SMILES string of the molecule is COc1ccsc1C(=O)c1ccc2c(c1)OCCO2. The summed E-state index contributed by atoms with van der Waals surface area (Å²) in [4.78, 5) is 13.0. The number of rotatable bonds is 3. The third-order valence-corrected chi connectivity index (χ3v) is 3.75. The number of benzene rings is 1. The molecule has 0 fully saturated rings. The largest absolute Gasteiger partial charge is 0.495 e. The topological polar surface area (TPSA) is 44.8 Å². The van der Waals surface area contributed by atoms with Gasteiger partial charge in [-0.25, -0.2) is 0 Å². The summed E-state index contributed by atoms with van der Waals surface area (Å²) in [5, 5.41) is 1.84. The van der Waals surface area contributed by atoms with Crippen molar-refractivity contribution >= 4 is 17.1 Å². The maximum Gasteiger partial charge on any atom is 0.206 e. The first-order chi connectivity index (χ1) is 9.29. The summed E-state index contributed by atoms with van der Waals surface area (Å²) in [7, 11) is 1.56. The van der Waals surface area contributed by atoms with E-state index < -0.39 is 0 Å². The van der Waals surface area contributed by atoms with Crippen molar-refractivity contribution in [3.8, 4) is 17.2 Å². The quantitative estimate of drug-likeness (QED) is 0.809. The van der Waals surface area contributed by atoms with Crippen molar-refractivity contribution in [3.05, 3.63) is 40.1 Å². The molecular weight excluding hydrogens is 264 g/mol. The van der Waals surface area contributed by atoms with Crippen molar-refractivity contribution in [2.24, 2.45) is 0 Å². The molecule has 0 atom stereocenters. The van der Waals surface area contributed by atoms with Gasteiger partial charge in [0.15, 0.2) is 11.5 Å². The lowest BCUT2D eigenvalue weighted by Crippen LogP contribution is -2.15. The highest BCUT2D eigenvalue weighted by Gasteiger charge is 2.19. The Balaban J connectivity index is 1.96. The second kappa shape index (κ2) is 4.93. The molecule has 2 heterocycles. The Morgan fingerprint density at radius 2 is 2.00 bits per heavy atom. The average molecular weight is 276 g/mol. The number of thiophene rings is 1. The molecule has 0 unspecified atom stereocenters. The molecule has 19 heavy (non-hydrogen) atoms. The summed E-state index contributed by atoms with van der Waals surface area (Å²) >= 11 is 1.37. The molecule has 4 nitrogen and oxygen atoms in total. The number of hydrogen-bond acceptors (Lipinski definition) is 5. The number of methoxy groups -OCH3 is 1. The van der Waals surface area contributed by atoms with E-state index in [0.717, 1.165) is 0 Å². The normalized spacial score (nSPS) is 13.1. The molecule has 0 bridgehead atoms. The fourth-order valence-corrected chi connectivity index (χ4v) is 2.76. The number of carbonyl (C=O) groups excluding carboxylic acids is 1. The predicted octanol–water partition coefficient (Wildman–Crippen LogP) is 2.76. The minimum atomic E-state index is -0.0659. The number of ether oxygens (including phenoxy) is 3. The van der Waals surface area contributed by atoms with E-state index in [1.165, 1.54) is 11.3 Å². The van der Waals surface area contributed by atoms with E-state index in [9.17, 15) is 4.79 Å². The van der Waals surface area contributed by atoms with Gasteiger partial charge in [-0.15, -0.1) is 11.3 Å². The van der Waals surface area contributed by atoms with Crippen molar-refractivity contribution in [1.82, 2.24) is 0 Å². The molecule has 0 saturated heterocycles. The van der Waals surface area contributed by atoms with Crippen molar-refractivity contribution < 1.29 is 19.0 Å². The first-order valence-corrected chi connectivity index (χ1v) is 6.73. The van der Waals surface area contributed by atoms with Crippen LogP contribution in [0.3, 0.4) is 0 Å². The Bertz CT molecular complexity index is 618. The van der Waals surface area contributed by atoms with Crippen LogP contribution in [0.5, 0.6) is 17.2 Å². The highest BCUT2D eigenvalue weighted by atomic mass is 32.1. The Labute approximate surface area is 114 Å². The lowest BCUT2D eigenvalue weighted by Gasteiger charge is -2.18. The fourth-order valence-electron chi connectivity index (χ4n) is 1.94. The van der Waals surface area contributed by atoms with E-state index in [1.807, 2.05) is 5.38 Å². The molecule has 0 N–H and O–H groups in total. The molecule has 5 heteroatoms. The van der Waals surface area contributed by atoms with E-state index in [0.29, 0.717) is 40.9 Å². The van der Waals surface area contributed by atoms with Crippen molar-refractivity contribution in [1.29, 1.82) is 0 Å². The van der Waals surface area contributed by atoms with Crippen LogP contribution in [0.1, 0.15) is 15.2 Å². The third kappa shape index (κ3) is 2.17. The van der Waals surface area contributed by atoms with Gasteiger partial charge >= 0.3 is 0 Å². The molecule has 1 aromatic carbocycles. The molecular formula is C14H12O4S. The second-order valence-electron chi connectivity index (χ2n) is 4.01. The zero-order valence-electron chi connectivity index (χ0n) is 10.3. The molecule has 98 valence electrons. The van der Waals surface area contributed by atoms with Gasteiger partial charge in [-0.3, -0.25) is 4.79 Å². The smallest absolute Gasteiger partial charge is 0.206 e. The Morgan fingerprint density at radius 1 is 1.21 bits per heavy atom. The van der Waals surface area contributed by atoms with Gasteiger partial charge in [0, 0.05) is 5.56 Å². The third-order valence-electron chi connectivity index (χ3n) is 2.86. The molecule has 2 aromatic rings. The minimum Gasteiger partial charge on any atom is -0.495 e. The van der Waals surface area contributed by atoms with Crippen LogP contribution in [0.25, 0.3) is 0 Å². The lowest BCUT2D eigenvalue weighted by atomic mass is 10.1. The Morgan fingerprint density at radius 3 is 2.79 bits per heavy atom. The van der Waals surface area contributed by atoms with E-state index >= 15 is 0 Å². The molecule has 1 aliphatic rings. The van der Waals surface area contributed by atoms with Gasteiger partial charge in [-0.05, 0) is 29.6 Å². The fraction of sp³-hybridized carbons (Fsp3) is 0.214. The first-order valence-electron chi connectivity index (χ1n) is 5.85. The van der Waals surface area contributed by atoms with E-state index in [4.69, 9.17) is 14.2 Å². The summed E-state index contributed by atoms with van der Waals surface area (Å²) in [6, 6.07) is 7.02. The van der Waals surface area contributed by atoms with E-state index in [-0.39, 0.29) is 5.78 Å². The number of hydrogen-bond donors (Lipinski definition) is 0. The highest BCUT2D eigenvalue weighted by molar-refractivity contribution is 7.12. The zero-order valence-corrected chi connectivity index (χ0v) is 11.2. The molecule has 3 rings (SSSR count). The highest BCUT2D eigenvalue weighted by Crippen LogP contribution is 2.33. The van der Waals surface area contributed by atoms with Crippen LogP contribution < -0.4 is 14.2 Å². The van der Waals surface area contributed by atoms with Crippen molar-refractivity contribution in [2.75, 3.05) is 20.3 Å². The summed E-state index contributed by atoms with van der Waals surface area (Å²) in [6.45, 7) is 1.05. The average Bonchev–Trinajstić information content (AvgIpc) is 2.94. The van der Waals surface area contributed by atoms with Crippen molar-refractivity contribution in [2.45, 2.75) is 0 Å². The predicted molar refractivity (Wildman–Crippen MR) is 71.7 cm³/mol. The lowest BCUT2D eigenvalue weighted by molar-refractivity contribution is 0.103. The van der Waals surface area contributed by atoms with E-state index in [1.54, 1.807) is 31.4 Å². The van der Waals surface area contributed by atoms with Crippen molar-refractivity contribution in [3.63, 3.8) is 0 Å². The molecule has 0 saturated carbocycles. The Kier molecular flexibility index (Phi) is 3.13. The number of fused-ring (bicyclic) bond motifs is 1. The van der Waals surface area contributed by atoms with Gasteiger partial charge in [0.05, 0.1) is 7.11 Å².